The van der Waals surface area contributed by atoms with Gasteiger partial charge in [-0.05, 0) is 36.5 Å². The van der Waals surface area contributed by atoms with Gasteiger partial charge in [0.25, 0.3) is 11.6 Å². The Balaban J connectivity index is 1.47. The van der Waals surface area contributed by atoms with Gasteiger partial charge in [0, 0.05) is 29.3 Å². The molecule has 0 radical (unpaired) electrons. The second-order valence-corrected chi connectivity index (χ2v) is 6.67. The number of thiocarbonyl (C=S) groups is 1. The second kappa shape index (κ2) is 8.10. The lowest BCUT2D eigenvalue weighted by Gasteiger charge is -2.10. The maximum atomic E-state index is 12.5. The molecular weight excluding hydrogens is 404 g/mol. The molecule has 148 valence electrons. The van der Waals surface area contributed by atoms with Crippen molar-refractivity contribution in [3.63, 3.8) is 0 Å². The number of nitro groups is 1. The van der Waals surface area contributed by atoms with Crippen molar-refractivity contribution in [1.29, 1.82) is 0 Å². The molecule has 2 N–H and O–H groups in total. The zero-order valence-corrected chi connectivity index (χ0v) is 16.2. The predicted molar refractivity (Wildman–Crippen MR) is 116 cm³/mol. The molecule has 2 heterocycles. The van der Waals surface area contributed by atoms with Gasteiger partial charge in [0.05, 0.1) is 16.1 Å². The molecule has 2 aromatic heterocycles. The minimum atomic E-state index is -0.544. The minimum absolute atomic E-state index is 0.0247. The molecule has 30 heavy (non-hydrogen) atoms. The molecule has 0 saturated carbocycles. The molecule has 4 rings (SSSR count). The highest BCUT2D eigenvalue weighted by molar-refractivity contribution is 7.80. The number of nitrogens with zero attached hydrogens (tertiary/aromatic N) is 2. The average molecular weight is 418 g/mol. The van der Waals surface area contributed by atoms with Gasteiger partial charge in [-0.3, -0.25) is 25.2 Å². The van der Waals surface area contributed by atoms with Gasteiger partial charge < -0.3 is 9.73 Å². The number of pyridine rings is 1. The van der Waals surface area contributed by atoms with Gasteiger partial charge in [-0.15, -0.1) is 0 Å². The van der Waals surface area contributed by atoms with E-state index in [1.54, 1.807) is 30.5 Å². The van der Waals surface area contributed by atoms with Crippen LogP contribution in [0.25, 0.3) is 22.2 Å². The highest BCUT2D eigenvalue weighted by Crippen LogP contribution is 2.26. The van der Waals surface area contributed by atoms with Gasteiger partial charge >= 0.3 is 0 Å². The van der Waals surface area contributed by atoms with E-state index in [0.717, 1.165) is 10.9 Å². The minimum Gasteiger partial charge on any atom is -0.451 e. The lowest BCUT2D eigenvalue weighted by molar-refractivity contribution is -0.384. The fourth-order valence-corrected chi connectivity index (χ4v) is 3.11. The van der Waals surface area contributed by atoms with Crippen LogP contribution in [0.2, 0.25) is 0 Å². The number of nitro benzene ring substituents is 1. The lowest BCUT2D eigenvalue weighted by atomic mass is 10.1. The van der Waals surface area contributed by atoms with Crippen LogP contribution >= 0.6 is 12.2 Å². The number of carbonyl (C=O) groups is 1. The number of nitrogens with one attached hydrogen (secondary N) is 2. The lowest BCUT2D eigenvalue weighted by Crippen LogP contribution is -2.33. The number of fused-ring (bicyclic) bond motifs is 1. The van der Waals surface area contributed by atoms with Gasteiger partial charge in [0.1, 0.15) is 5.76 Å². The first kappa shape index (κ1) is 19.2. The zero-order valence-electron chi connectivity index (χ0n) is 15.4. The van der Waals surface area contributed by atoms with Crippen molar-refractivity contribution in [3.05, 3.63) is 88.8 Å². The first-order valence-corrected chi connectivity index (χ1v) is 9.23. The van der Waals surface area contributed by atoms with Crippen molar-refractivity contribution in [3.8, 4) is 11.3 Å². The summed E-state index contributed by atoms with van der Waals surface area (Å²) in [6.45, 7) is 0. The highest BCUT2D eigenvalue weighted by atomic mass is 32.1. The fraction of sp³-hybridized carbons (Fsp3) is 0. The number of furan rings is 1. The molecule has 1 amide bonds. The zero-order chi connectivity index (χ0) is 21.1. The molecule has 0 aliphatic heterocycles. The first-order valence-electron chi connectivity index (χ1n) is 8.82. The summed E-state index contributed by atoms with van der Waals surface area (Å²) >= 11 is 5.23. The normalized spacial score (nSPS) is 10.5. The van der Waals surface area contributed by atoms with Crippen LogP contribution in [0, 0.1) is 10.1 Å². The topological polar surface area (TPSA) is 110 Å². The Hall–Kier alpha value is -4.11. The van der Waals surface area contributed by atoms with Crippen molar-refractivity contribution < 1.29 is 14.1 Å². The van der Waals surface area contributed by atoms with Crippen LogP contribution in [0.15, 0.2) is 77.3 Å². The molecule has 0 unspecified atom stereocenters. The van der Waals surface area contributed by atoms with E-state index < -0.39 is 10.8 Å². The number of amides is 1. The number of benzene rings is 2. The van der Waals surface area contributed by atoms with E-state index in [-0.39, 0.29) is 16.6 Å². The summed E-state index contributed by atoms with van der Waals surface area (Å²) in [6, 6.07) is 18.4. The fourth-order valence-electron chi connectivity index (χ4n) is 2.91. The predicted octanol–water partition coefficient (Wildman–Crippen LogP) is 4.53. The maximum absolute atomic E-state index is 12.5. The smallest absolute Gasteiger partial charge is 0.293 e. The summed E-state index contributed by atoms with van der Waals surface area (Å²) in [4.78, 5) is 27.2. The van der Waals surface area contributed by atoms with Crippen LogP contribution in [-0.4, -0.2) is 20.9 Å². The third kappa shape index (κ3) is 4.01. The van der Waals surface area contributed by atoms with E-state index in [0.29, 0.717) is 17.0 Å². The number of rotatable bonds is 4. The standard InChI is InChI=1S/C21H14N4O4S/c26-20(18-10-9-17(29-18)14-5-1-7-15(12-14)25(27)28)24-21(30)23-16-8-2-4-13-6-3-11-22-19(13)16/h1-12H,(H2,23,24,26,30). The van der Waals surface area contributed by atoms with Gasteiger partial charge in [0.2, 0.25) is 0 Å². The van der Waals surface area contributed by atoms with Crippen LogP contribution in [0.4, 0.5) is 11.4 Å². The summed E-state index contributed by atoms with van der Waals surface area (Å²) in [5.74, 6) is -0.185. The molecule has 2 aromatic carbocycles. The SMILES string of the molecule is O=C(NC(=S)Nc1cccc2cccnc12)c1ccc(-c2cccc([N+](=O)[O-])c2)o1. The number of para-hydroxylation sites is 1. The third-order valence-electron chi connectivity index (χ3n) is 4.28. The van der Waals surface area contributed by atoms with Crippen molar-refractivity contribution in [2.75, 3.05) is 5.32 Å². The van der Waals surface area contributed by atoms with Crippen LogP contribution in [0.5, 0.6) is 0 Å². The molecular formula is C21H14N4O4S. The number of non-ortho nitro benzene ring substituents is 1. The Morgan fingerprint density at radius 2 is 1.87 bits per heavy atom. The van der Waals surface area contributed by atoms with Gasteiger partial charge in [-0.1, -0.05) is 30.3 Å². The molecule has 0 aliphatic carbocycles. The highest BCUT2D eigenvalue weighted by Gasteiger charge is 2.16. The summed E-state index contributed by atoms with van der Waals surface area (Å²) in [5.41, 5.74) is 1.81. The van der Waals surface area contributed by atoms with Crippen LogP contribution in [0.3, 0.4) is 0 Å². The molecule has 0 bridgehead atoms. The van der Waals surface area contributed by atoms with Crippen LogP contribution in [0.1, 0.15) is 10.6 Å². The Morgan fingerprint density at radius 3 is 2.70 bits per heavy atom. The van der Waals surface area contributed by atoms with Crippen molar-refractivity contribution in [2.45, 2.75) is 0 Å². The quantitative estimate of drug-likeness (QED) is 0.285. The van der Waals surface area contributed by atoms with Crippen molar-refractivity contribution in [1.82, 2.24) is 10.3 Å². The van der Waals surface area contributed by atoms with E-state index in [9.17, 15) is 14.9 Å². The summed E-state index contributed by atoms with van der Waals surface area (Å²) in [5, 5.41) is 17.5. The van der Waals surface area contributed by atoms with Crippen molar-refractivity contribution in [2.24, 2.45) is 0 Å². The summed E-state index contributed by atoms with van der Waals surface area (Å²) in [7, 11) is 0. The van der Waals surface area contributed by atoms with Crippen LogP contribution < -0.4 is 10.6 Å². The molecule has 0 aliphatic rings. The molecule has 0 saturated heterocycles. The van der Waals surface area contributed by atoms with E-state index in [1.807, 2.05) is 24.3 Å². The molecule has 8 nitrogen and oxygen atoms in total. The number of anilines is 1. The van der Waals surface area contributed by atoms with Crippen molar-refractivity contribution >= 4 is 45.5 Å². The Bertz CT molecular complexity index is 1280. The van der Waals surface area contributed by atoms with E-state index in [4.69, 9.17) is 16.6 Å². The maximum Gasteiger partial charge on any atom is 0.293 e. The first-order chi connectivity index (χ1) is 14.5. The van der Waals surface area contributed by atoms with E-state index >= 15 is 0 Å². The van der Waals surface area contributed by atoms with E-state index in [1.165, 1.54) is 18.2 Å². The third-order valence-corrected chi connectivity index (χ3v) is 4.48. The number of hydrogen-bond donors (Lipinski definition) is 2. The number of carbonyl (C=O) groups excluding carboxylic acids is 1. The molecule has 0 spiro atoms. The number of aromatic nitrogens is 1. The second-order valence-electron chi connectivity index (χ2n) is 6.26. The largest absolute Gasteiger partial charge is 0.451 e. The molecule has 4 aromatic rings. The van der Waals surface area contributed by atoms with Gasteiger partial charge in [-0.25, -0.2) is 0 Å². The summed E-state index contributed by atoms with van der Waals surface area (Å²) < 4.78 is 5.55. The average Bonchev–Trinajstić information content (AvgIpc) is 3.25. The van der Waals surface area contributed by atoms with E-state index in [2.05, 4.69) is 15.6 Å². The number of hydrogen-bond acceptors (Lipinski definition) is 6. The Morgan fingerprint density at radius 1 is 1.07 bits per heavy atom. The molecule has 0 fully saturated rings. The van der Waals surface area contributed by atoms with Gasteiger partial charge in [-0.2, -0.15) is 0 Å². The van der Waals surface area contributed by atoms with Gasteiger partial charge in [0.15, 0.2) is 10.9 Å². The Labute approximate surface area is 175 Å². The van der Waals surface area contributed by atoms with Crippen LogP contribution in [-0.2, 0) is 0 Å². The molecule has 0 atom stereocenters. The Kier molecular flexibility index (Phi) is 5.19. The monoisotopic (exact) mass is 418 g/mol. The summed E-state index contributed by atoms with van der Waals surface area (Å²) in [6.07, 6.45) is 1.67. The molecule has 9 heteroatoms.